The molecule has 0 aliphatic carbocycles. The zero-order chi connectivity index (χ0) is 14.0. The molecule has 1 amide bonds. The minimum Gasteiger partial charge on any atom is -0.465 e. The first-order valence-corrected chi connectivity index (χ1v) is 6.25. The molecule has 0 bridgehead atoms. The molecule has 0 spiro atoms. The molecule has 0 saturated heterocycles. The average molecular weight is 262 g/mol. The van der Waals surface area contributed by atoms with E-state index in [9.17, 15) is 9.90 Å². The van der Waals surface area contributed by atoms with Crippen molar-refractivity contribution in [2.24, 2.45) is 0 Å². The minimum atomic E-state index is -1.01. The summed E-state index contributed by atoms with van der Waals surface area (Å²) >= 11 is 0. The monoisotopic (exact) mass is 262 g/mol. The van der Waals surface area contributed by atoms with Gasteiger partial charge in [-0.15, -0.1) is 0 Å². The molecule has 1 aromatic rings. The van der Waals surface area contributed by atoms with Gasteiger partial charge in [0, 0.05) is 24.8 Å². The fourth-order valence-electron chi connectivity index (χ4n) is 2.24. The SMILES string of the molecule is CC(C)(O)c1ncccc1C1=CCN(C(=O)O)CC1. The van der Waals surface area contributed by atoms with Crippen molar-refractivity contribution in [3.05, 3.63) is 35.7 Å². The zero-order valence-corrected chi connectivity index (χ0v) is 11.1. The number of aliphatic hydroxyl groups is 1. The Morgan fingerprint density at radius 2 is 2.21 bits per heavy atom. The Morgan fingerprint density at radius 3 is 2.74 bits per heavy atom. The molecule has 1 aliphatic heterocycles. The van der Waals surface area contributed by atoms with Crippen molar-refractivity contribution in [1.29, 1.82) is 0 Å². The van der Waals surface area contributed by atoms with Gasteiger partial charge in [0.25, 0.3) is 0 Å². The summed E-state index contributed by atoms with van der Waals surface area (Å²) in [5.41, 5.74) is 1.56. The first-order valence-electron chi connectivity index (χ1n) is 6.25. The molecule has 2 rings (SSSR count). The van der Waals surface area contributed by atoms with Crippen molar-refractivity contribution in [1.82, 2.24) is 9.88 Å². The van der Waals surface area contributed by atoms with E-state index in [4.69, 9.17) is 5.11 Å². The van der Waals surface area contributed by atoms with Gasteiger partial charge in [0.2, 0.25) is 0 Å². The fourth-order valence-corrected chi connectivity index (χ4v) is 2.24. The summed E-state index contributed by atoms with van der Waals surface area (Å²) in [6.07, 6.45) is 3.29. The van der Waals surface area contributed by atoms with Crippen LogP contribution in [0.5, 0.6) is 0 Å². The van der Waals surface area contributed by atoms with Gasteiger partial charge in [-0.2, -0.15) is 0 Å². The maximum atomic E-state index is 10.9. The summed E-state index contributed by atoms with van der Waals surface area (Å²) in [6.45, 7) is 4.25. The third kappa shape index (κ3) is 2.93. The van der Waals surface area contributed by atoms with E-state index in [1.807, 2.05) is 18.2 Å². The van der Waals surface area contributed by atoms with E-state index in [0.29, 0.717) is 25.2 Å². The van der Waals surface area contributed by atoms with E-state index in [0.717, 1.165) is 11.1 Å². The highest BCUT2D eigenvalue weighted by molar-refractivity contribution is 5.72. The fraction of sp³-hybridized carbons (Fsp3) is 0.429. The van der Waals surface area contributed by atoms with Gasteiger partial charge in [0.05, 0.1) is 5.69 Å². The van der Waals surface area contributed by atoms with Gasteiger partial charge in [-0.25, -0.2) is 4.79 Å². The highest BCUT2D eigenvalue weighted by Gasteiger charge is 2.25. The van der Waals surface area contributed by atoms with E-state index in [-0.39, 0.29) is 0 Å². The summed E-state index contributed by atoms with van der Waals surface area (Å²) in [6, 6.07) is 3.75. The standard InChI is InChI=1S/C14H18N2O3/c1-14(2,19)12-11(4-3-7-15-12)10-5-8-16(9-6-10)13(17)18/h3-5,7,19H,6,8-9H2,1-2H3,(H,17,18). The Labute approximate surface area is 112 Å². The molecule has 2 heterocycles. The van der Waals surface area contributed by atoms with E-state index >= 15 is 0 Å². The van der Waals surface area contributed by atoms with Gasteiger partial charge in [-0.1, -0.05) is 12.1 Å². The van der Waals surface area contributed by atoms with Gasteiger partial charge >= 0.3 is 6.09 Å². The number of aromatic nitrogens is 1. The average Bonchev–Trinajstić information content (AvgIpc) is 2.38. The summed E-state index contributed by atoms with van der Waals surface area (Å²) in [5.74, 6) is 0. The molecule has 0 aromatic carbocycles. The topological polar surface area (TPSA) is 73.7 Å². The number of carboxylic acid groups (broad SMARTS) is 1. The molecule has 102 valence electrons. The third-order valence-corrected chi connectivity index (χ3v) is 3.21. The van der Waals surface area contributed by atoms with Gasteiger partial charge in [-0.3, -0.25) is 4.98 Å². The molecule has 0 atom stereocenters. The number of pyridine rings is 1. The first-order chi connectivity index (χ1) is 8.89. The molecule has 1 aliphatic rings. The van der Waals surface area contributed by atoms with Crippen LogP contribution in [0, 0.1) is 0 Å². The predicted molar refractivity (Wildman–Crippen MR) is 71.7 cm³/mol. The van der Waals surface area contributed by atoms with Crippen LogP contribution >= 0.6 is 0 Å². The zero-order valence-electron chi connectivity index (χ0n) is 11.1. The number of rotatable bonds is 2. The minimum absolute atomic E-state index is 0.380. The Balaban J connectivity index is 2.32. The molecule has 0 radical (unpaired) electrons. The van der Waals surface area contributed by atoms with Crippen LogP contribution in [0.2, 0.25) is 0 Å². The highest BCUT2D eigenvalue weighted by Crippen LogP contribution is 2.30. The number of amides is 1. The van der Waals surface area contributed by atoms with Gasteiger partial charge in [0.15, 0.2) is 0 Å². The molecule has 1 aromatic heterocycles. The van der Waals surface area contributed by atoms with Crippen molar-refractivity contribution in [3.8, 4) is 0 Å². The summed E-state index contributed by atoms with van der Waals surface area (Å²) in [4.78, 5) is 16.5. The Kier molecular flexibility index (Phi) is 3.57. The Morgan fingerprint density at radius 1 is 1.47 bits per heavy atom. The third-order valence-electron chi connectivity index (χ3n) is 3.21. The Bertz CT molecular complexity index is 518. The van der Waals surface area contributed by atoms with E-state index in [1.54, 1.807) is 20.0 Å². The van der Waals surface area contributed by atoms with Gasteiger partial charge in [-0.05, 0) is 31.9 Å². The van der Waals surface area contributed by atoms with Crippen LogP contribution in [0.25, 0.3) is 5.57 Å². The van der Waals surface area contributed by atoms with Crippen LogP contribution in [0.1, 0.15) is 31.5 Å². The van der Waals surface area contributed by atoms with Crippen LogP contribution < -0.4 is 0 Å². The second-order valence-corrected chi connectivity index (χ2v) is 5.17. The van der Waals surface area contributed by atoms with Crippen LogP contribution in [0.15, 0.2) is 24.4 Å². The van der Waals surface area contributed by atoms with Crippen molar-refractivity contribution >= 4 is 11.7 Å². The molecule has 5 nitrogen and oxygen atoms in total. The van der Waals surface area contributed by atoms with Crippen LogP contribution in [-0.2, 0) is 5.60 Å². The lowest BCUT2D eigenvalue weighted by molar-refractivity contribution is 0.0734. The highest BCUT2D eigenvalue weighted by atomic mass is 16.4. The largest absolute Gasteiger partial charge is 0.465 e. The van der Waals surface area contributed by atoms with E-state index in [1.165, 1.54) is 4.90 Å². The molecular weight excluding hydrogens is 244 g/mol. The van der Waals surface area contributed by atoms with E-state index in [2.05, 4.69) is 4.98 Å². The van der Waals surface area contributed by atoms with E-state index < -0.39 is 11.7 Å². The predicted octanol–water partition coefficient (Wildman–Crippen LogP) is 2.08. The molecule has 2 N–H and O–H groups in total. The summed E-state index contributed by atoms with van der Waals surface area (Å²) in [7, 11) is 0. The normalized spacial score (nSPS) is 16.2. The molecule has 5 heteroatoms. The lowest BCUT2D eigenvalue weighted by Crippen LogP contribution is -2.33. The maximum Gasteiger partial charge on any atom is 0.407 e. The smallest absolute Gasteiger partial charge is 0.407 e. The summed E-state index contributed by atoms with van der Waals surface area (Å²) < 4.78 is 0. The second kappa shape index (κ2) is 5.01. The van der Waals surface area contributed by atoms with Crippen molar-refractivity contribution in [2.45, 2.75) is 25.9 Å². The molecule has 0 unspecified atom stereocenters. The quantitative estimate of drug-likeness (QED) is 0.855. The first kappa shape index (κ1) is 13.5. The maximum absolute atomic E-state index is 10.9. The molecule has 0 fully saturated rings. The van der Waals surface area contributed by atoms with Crippen LogP contribution in [-0.4, -0.2) is 39.3 Å². The van der Waals surface area contributed by atoms with Crippen molar-refractivity contribution < 1.29 is 15.0 Å². The number of carbonyl (C=O) groups is 1. The molecule has 19 heavy (non-hydrogen) atoms. The number of hydrogen-bond acceptors (Lipinski definition) is 3. The van der Waals surface area contributed by atoms with Gasteiger partial charge < -0.3 is 15.1 Å². The molecule has 0 saturated carbocycles. The summed E-state index contributed by atoms with van der Waals surface area (Å²) in [5, 5.41) is 19.1. The van der Waals surface area contributed by atoms with Crippen LogP contribution in [0.3, 0.4) is 0 Å². The lowest BCUT2D eigenvalue weighted by atomic mass is 9.91. The number of hydrogen-bond donors (Lipinski definition) is 2. The van der Waals surface area contributed by atoms with Gasteiger partial charge in [0.1, 0.15) is 5.60 Å². The second-order valence-electron chi connectivity index (χ2n) is 5.17. The Hall–Kier alpha value is -1.88. The molecular formula is C14H18N2O3. The van der Waals surface area contributed by atoms with Crippen molar-refractivity contribution in [2.75, 3.05) is 13.1 Å². The lowest BCUT2D eigenvalue weighted by Gasteiger charge is -2.26. The number of nitrogens with zero attached hydrogens (tertiary/aromatic N) is 2. The van der Waals surface area contributed by atoms with Crippen LogP contribution in [0.4, 0.5) is 4.79 Å². The van der Waals surface area contributed by atoms with Crippen molar-refractivity contribution in [3.63, 3.8) is 0 Å².